The molecule has 2 aromatic heterocycles. The van der Waals surface area contributed by atoms with E-state index in [0.717, 1.165) is 4.47 Å². The molecule has 0 bridgehead atoms. The summed E-state index contributed by atoms with van der Waals surface area (Å²) in [5.74, 6) is 0. The summed E-state index contributed by atoms with van der Waals surface area (Å²) < 4.78 is 3.69. The quantitative estimate of drug-likeness (QED) is 0.316. The molecule has 0 spiro atoms. The summed E-state index contributed by atoms with van der Waals surface area (Å²) in [5.41, 5.74) is 2.40. The molecule has 4 heteroatoms. The molecule has 4 aromatic rings. The van der Waals surface area contributed by atoms with E-state index in [4.69, 9.17) is 11.6 Å². The highest BCUT2D eigenvalue weighted by Gasteiger charge is 2.19. The van der Waals surface area contributed by atoms with Gasteiger partial charge < -0.3 is 0 Å². The van der Waals surface area contributed by atoms with E-state index >= 15 is 0 Å². The average molecular weight is 394 g/mol. The first kappa shape index (κ1) is 13.8. The maximum Gasteiger partial charge on any atom is 0.0863 e. The summed E-state index contributed by atoms with van der Waals surface area (Å²) in [5, 5.41) is 6.76. The van der Waals surface area contributed by atoms with Crippen LogP contribution in [0.1, 0.15) is 16.5 Å². The Balaban J connectivity index is 1.90. The van der Waals surface area contributed by atoms with Gasteiger partial charge in [-0.1, -0.05) is 30.3 Å². The van der Waals surface area contributed by atoms with E-state index in [0.29, 0.717) is 0 Å². The molecule has 0 amide bonds. The zero-order valence-corrected chi connectivity index (χ0v) is 14.8. The van der Waals surface area contributed by atoms with Crippen LogP contribution >= 0.6 is 50.2 Å². The van der Waals surface area contributed by atoms with Crippen molar-refractivity contribution in [3.05, 3.63) is 68.8 Å². The smallest absolute Gasteiger partial charge is 0.0863 e. The molecule has 0 fully saturated rings. The number of hydrogen-bond donors (Lipinski definition) is 0. The van der Waals surface area contributed by atoms with Crippen LogP contribution < -0.4 is 0 Å². The van der Waals surface area contributed by atoms with Crippen LogP contribution in [0, 0.1) is 0 Å². The fraction of sp³-hybridized carbons (Fsp3) is 0.0588. The van der Waals surface area contributed by atoms with Gasteiger partial charge in [0.25, 0.3) is 0 Å². The number of hydrogen-bond acceptors (Lipinski definition) is 2. The summed E-state index contributed by atoms with van der Waals surface area (Å²) in [7, 11) is 0. The van der Waals surface area contributed by atoms with Crippen LogP contribution in [0.4, 0.5) is 0 Å². The number of rotatable bonds is 2. The van der Waals surface area contributed by atoms with Gasteiger partial charge in [0.05, 0.1) is 5.38 Å². The Morgan fingerprint density at radius 2 is 1.57 bits per heavy atom. The third-order valence-electron chi connectivity index (χ3n) is 3.64. The Kier molecular flexibility index (Phi) is 3.54. The van der Waals surface area contributed by atoms with Gasteiger partial charge in [-0.05, 0) is 60.7 Å². The van der Waals surface area contributed by atoms with Crippen molar-refractivity contribution in [2.45, 2.75) is 5.38 Å². The molecule has 0 N–H and O–H groups in total. The number of benzene rings is 2. The van der Waals surface area contributed by atoms with Gasteiger partial charge in [0.1, 0.15) is 0 Å². The highest BCUT2D eigenvalue weighted by Crippen LogP contribution is 2.43. The molecule has 1 unspecified atom stereocenters. The molecule has 0 saturated heterocycles. The Morgan fingerprint density at radius 3 is 2.48 bits per heavy atom. The first-order chi connectivity index (χ1) is 10.3. The third-order valence-corrected chi connectivity index (χ3v) is 7.06. The standard InChI is InChI=1S/C17H10BrClS2/c18-14-6-3-5-11-13(9-21-17(11)14)16(19)12-8-20-15-7-2-1-4-10(12)15/h1-9,16H. The van der Waals surface area contributed by atoms with Crippen molar-refractivity contribution in [3.63, 3.8) is 0 Å². The first-order valence-corrected chi connectivity index (χ1v) is 9.50. The lowest BCUT2D eigenvalue weighted by molar-refractivity contribution is 1.20. The second-order valence-electron chi connectivity index (χ2n) is 4.86. The van der Waals surface area contributed by atoms with Crippen LogP contribution in [-0.2, 0) is 0 Å². The lowest BCUT2D eigenvalue weighted by Gasteiger charge is -2.08. The molecule has 0 radical (unpaired) electrons. The summed E-state index contributed by atoms with van der Waals surface area (Å²) >= 11 is 13.9. The Morgan fingerprint density at radius 1 is 0.857 bits per heavy atom. The molecule has 0 nitrogen and oxygen atoms in total. The minimum atomic E-state index is -0.107. The Labute approximate surface area is 144 Å². The van der Waals surface area contributed by atoms with Crippen molar-refractivity contribution in [1.29, 1.82) is 0 Å². The van der Waals surface area contributed by atoms with E-state index in [1.807, 2.05) is 0 Å². The summed E-state index contributed by atoms with van der Waals surface area (Å²) in [4.78, 5) is 0. The zero-order valence-electron chi connectivity index (χ0n) is 10.8. The van der Waals surface area contributed by atoms with Gasteiger partial charge in [-0.2, -0.15) is 0 Å². The van der Waals surface area contributed by atoms with Gasteiger partial charge in [0, 0.05) is 13.9 Å². The van der Waals surface area contributed by atoms with Crippen LogP contribution in [0.2, 0.25) is 0 Å². The summed E-state index contributed by atoms with van der Waals surface area (Å²) in [6.45, 7) is 0. The molecule has 0 aliphatic carbocycles. The molecule has 2 aromatic carbocycles. The fourth-order valence-corrected chi connectivity index (χ4v) is 5.75. The molecule has 4 rings (SSSR count). The lowest BCUT2D eigenvalue weighted by atomic mass is 10.0. The van der Waals surface area contributed by atoms with Gasteiger partial charge in [0.15, 0.2) is 0 Å². The predicted molar refractivity (Wildman–Crippen MR) is 99.0 cm³/mol. The van der Waals surface area contributed by atoms with Crippen LogP contribution in [0.3, 0.4) is 0 Å². The van der Waals surface area contributed by atoms with E-state index in [-0.39, 0.29) is 5.38 Å². The fourth-order valence-electron chi connectivity index (χ4n) is 2.60. The van der Waals surface area contributed by atoms with Crippen LogP contribution in [0.25, 0.3) is 20.2 Å². The SMILES string of the molecule is ClC(c1csc2ccccc12)c1csc2c(Br)cccc12. The van der Waals surface area contributed by atoms with Crippen LogP contribution in [0.5, 0.6) is 0 Å². The van der Waals surface area contributed by atoms with E-state index in [2.05, 4.69) is 69.2 Å². The van der Waals surface area contributed by atoms with Crippen molar-refractivity contribution >= 4 is 70.4 Å². The van der Waals surface area contributed by atoms with Gasteiger partial charge in [0.2, 0.25) is 0 Å². The molecule has 0 saturated carbocycles. The maximum absolute atomic E-state index is 6.82. The van der Waals surface area contributed by atoms with E-state index < -0.39 is 0 Å². The highest BCUT2D eigenvalue weighted by atomic mass is 79.9. The molecular weight excluding hydrogens is 384 g/mol. The Bertz CT molecular complexity index is 938. The molecular formula is C17H10BrClS2. The number of halogens is 2. The van der Waals surface area contributed by atoms with Crippen molar-refractivity contribution in [2.24, 2.45) is 0 Å². The summed E-state index contributed by atoms with van der Waals surface area (Å²) in [6.07, 6.45) is 0. The van der Waals surface area contributed by atoms with Crippen molar-refractivity contribution in [2.75, 3.05) is 0 Å². The maximum atomic E-state index is 6.82. The van der Waals surface area contributed by atoms with E-state index in [1.54, 1.807) is 22.7 Å². The minimum Gasteiger partial charge on any atom is -0.143 e. The molecule has 1 atom stereocenters. The van der Waals surface area contributed by atoms with Gasteiger partial charge >= 0.3 is 0 Å². The Hall–Kier alpha value is -0.870. The van der Waals surface area contributed by atoms with Crippen LogP contribution in [0.15, 0.2) is 57.7 Å². The number of thiophene rings is 2. The molecule has 2 heterocycles. The van der Waals surface area contributed by atoms with E-state index in [9.17, 15) is 0 Å². The van der Waals surface area contributed by atoms with E-state index in [1.165, 1.54) is 31.3 Å². The van der Waals surface area contributed by atoms with Crippen molar-refractivity contribution < 1.29 is 0 Å². The van der Waals surface area contributed by atoms with Crippen molar-refractivity contribution in [1.82, 2.24) is 0 Å². The van der Waals surface area contributed by atoms with Crippen molar-refractivity contribution in [3.8, 4) is 0 Å². The third kappa shape index (κ3) is 2.23. The second kappa shape index (κ2) is 5.40. The van der Waals surface area contributed by atoms with Gasteiger partial charge in [-0.25, -0.2) is 0 Å². The van der Waals surface area contributed by atoms with Crippen LogP contribution in [-0.4, -0.2) is 0 Å². The lowest BCUT2D eigenvalue weighted by Crippen LogP contribution is -1.90. The molecule has 0 aliphatic heterocycles. The first-order valence-electron chi connectivity index (χ1n) is 6.51. The largest absolute Gasteiger partial charge is 0.143 e. The average Bonchev–Trinajstić information content (AvgIpc) is 3.11. The second-order valence-corrected chi connectivity index (χ2v) is 7.94. The number of fused-ring (bicyclic) bond motifs is 2. The number of alkyl halides is 1. The molecule has 21 heavy (non-hydrogen) atoms. The topological polar surface area (TPSA) is 0 Å². The van der Waals surface area contributed by atoms with Gasteiger partial charge in [-0.3, -0.25) is 0 Å². The molecule has 0 aliphatic rings. The minimum absolute atomic E-state index is 0.107. The monoisotopic (exact) mass is 392 g/mol. The summed E-state index contributed by atoms with van der Waals surface area (Å²) in [6, 6.07) is 14.7. The van der Waals surface area contributed by atoms with Gasteiger partial charge in [-0.15, -0.1) is 34.3 Å². The molecule has 104 valence electrons. The highest BCUT2D eigenvalue weighted by molar-refractivity contribution is 9.10. The predicted octanol–water partition coefficient (Wildman–Crippen LogP) is 7.21. The normalized spacial score (nSPS) is 13.0. The zero-order chi connectivity index (χ0) is 14.4.